The summed E-state index contributed by atoms with van der Waals surface area (Å²) in [7, 11) is 0. The lowest BCUT2D eigenvalue weighted by Gasteiger charge is -2.10. The molecule has 0 amide bonds. The number of hydrogen-bond donors (Lipinski definition) is 0. The summed E-state index contributed by atoms with van der Waals surface area (Å²) >= 11 is 3.33. The van der Waals surface area contributed by atoms with E-state index in [2.05, 4.69) is 20.7 Å². The Bertz CT molecular complexity index is 246. The Morgan fingerprint density at radius 2 is 1.75 bits per heavy atom. The number of alkyl halides is 1. The van der Waals surface area contributed by atoms with E-state index in [4.69, 9.17) is 4.74 Å². The van der Waals surface area contributed by atoms with Crippen molar-refractivity contribution in [2.24, 2.45) is 5.92 Å². The van der Waals surface area contributed by atoms with Gasteiger partial charge in [-0.1, -0.05) is 22.9 Å². The number of halogens is 1. The van der Waals surface area contributed by atoms with Gasteiger partial charge in [0.25, 0.3) is 0 Å². The molecule has 0 aromatic rings. The lowest BCUT2D eigenvalue weighted by molar-refractivity contribution is -0.140. The van der Waals surface area contributed by atoms with Crippen molar-refractivity contribution >= 4 is 27.9 Å². The topological polar surface area (TPSA) is 52.6 Å². The Balaban J connectivity index is 3.85. The zero-order valence-corrected chi connectivity index (χ0v) is 11.2. The second-order valence-corrected chi connectivity index (χ2v) is 3.79. The third-order valence-corrected chi connectivity index (χ3v) is 2.81. The Morgan fingerprint density at radius 1 is 1.19 bits per heavy atom. The molecule has 0 aromatic carbocycles. The van der Waals surface area contributed by atoms with E-state index < -0.39 is 11.9 Å². The van der Waals surface area contributed by atoms with E-state index in [1.807, 2.05) is 6.92 Å². The highest BCUT2D eigenvalue weighted by Gasteiger charge is 2.07. The summed E-state index contributed by atoms with van der Waals surface area (Å²) in [6, 6.07) is 0. The van der Waals surface area contributed by atoms with Crippen LogP contribution in [0.2, 0.25) is 0 Å². The van der Waals surface area contributed by atoms with E-state index in [1.54, 1.807) is 6.92 Å². The summed E-state index contributed by atoms with van der Waals surface area (Å²) in [6.07, 6.45) is 3.08. The lowest BCUT2D eigenvalue weighted by Crippen LogP contribution is -2.13. The molecule has 0 aromatic heterocycles. The minimum atomic E-state index is -0.535. The third kappa shape index (κ3) is 7.45. The Labute approximate surface area is 104 Å². The highest BCUT2D eigenvalue weighted by atomic mass is 79.9. The first-order chi connectivity index (χ1) is 7.63. The molecule has 0 rings (SSSR count). The Morgan fingerprint density at radius 3 is 2.19 bits per heavy atom. The van der Waals surface area contributed by atoms with Crippen LogP contribution in [0.5, 0.6) is 0 Å². The highest BCUT2D eigenvalue weighted by molar-refractivity contribution is 9.09. The second kappa shape index (κ2) is 9.39. The first kappa shape index (κ1) is 15.2. The van der Waals surface area contributed by atoms with E-state index >= 15 is 0 Å². The van der Waals surface area contributed by atoms with E-state index in [9.17, 15) is 9.59 Å². The molecular weight excluding hydrogens is 276 g/mol. The first-order valence-electron chi connectivity index (χ1n) is 5.21. The van der Waals surface area contributed by atoms with Crippen LogP contribution in [0.25, 0.3) is 0 Å². The van der Waals surface area contributed by atoms with Crippen LogP contribution in [0.3, 0.4) is 0 Å². The maximum absolute atomic E-state index is 11.2. The van der Waals surface area contributed by atoms with Crippen LogP contribution in [0.4, 0.5) is 0 Å². The van der Waals surface area contributed by atoms with Crippen molar-refractivity contribution in [3.8, 4) is 0 Å². The third-order valence-electron chi connectivity index (χ3n) is 1.90. The first-order valence-corrected chi connectivity index (χ1v) is 6.33. The number of carbonyl (C=O) groups excluding carboxylic acids is 2. The predicted molar refractivity (Wildman–Crippen MR) is 64.3 cm³/mol. The minimum Gasteiger partial charge on any atom is -0.463 e. The molecule has 0 aliphatic heterocycles. The molecule has 0 radical (unpaired) electrons. The number of ether oxygens (including phenoxy) is 2. The van der Waals surface area contributed by atoms with Crippen molar-refractivity contribution in [2.75, 3.05) is 18.5 Å². The van der Waals surface area contributed by atoms with Gasteiger partial charge in [0.2, 0.25) is 0 Å². The van der Waals surface area contributed by atoms with E-state index in [1.165, 1.54) is 0 Å². The zero-order chi connectivity index (χ0) is 12.4. The van der Waals surface area contributed by atoms with Crippen molar-refractivity contribution in [1.29, 1.82) is 0 Å². The SMILES string of the molecule is CCOC(=O)/C=C/C(=O)OC[C@@H](CC)CBr. The van der Waals surface area contributed by atoms with Gasteiger partial charge in [-0.3, -0.25) is 0 Å². The average molecular weight is 293 g/mol. The second-order valence-electron chi connectivity index (χ2n) is 3.14. The van der Waals surface area contributed by atoms with E-state index in [0.717, 1.165) is 23.9 Å². The smallest absolute Gasteiger partial charge is 0.331 e. The van der Waals surface area contributed by atoms with E-state index in [0.29, 0.717) is 19.1 Å². The van der Waals surface area contributed by atoms with Crippen LogP contribution in [0.1, 0.15) is 20.3 Å². The maximum atomic E-state index is 11.2. The van der Waals surface area contributed by atoms with Gasteiger partial charge in [-0.05, 0) is 13.3 Å². The van der Waals surface area contributed by atoms with Crippen LogP contribution >= 0.6 is 15.9 Å². The van der Waals surface area contributed by atoms with Crippen molar-refractivity contribution in [3.63, 3.8) is 0 Å². The van der Waals surface area contributed by atoms with Crippen LogP contribution in [-0.4, -0.2) is 30.5 Å². The van der Waals surface area contributed by atoms with Crippen molar-refractivity contribution in [2.45, 2.75) is 20.3 Å². The van der Waals surface area contributed by atoms with Crippen molar-refractivity contribution in [3.05, 3.63) is 12.2 Å². The van der Waals surface area contributed by atoms with Crippen molar-refractivity contribution in [1.82, 2.24) is 0 Å². The van der Waals surface area contributed by atoms with Crippen LogP contribution < -0.4 is 0 Å². The minimum absolute atomic E-state index is 0.291. The number of carbonyl (C=O) groups is 2. The van der Waals surface area contributed by atoms with Gasteiger partial charge >= 0.3 is 11.9 Å². The zero-order valence-electron chi connectivity index (χ0n) is 9.57. The quantitative estimate of drug-likeness (QED) is 0.409. The summed E-state index contributed by atoms with van der Waals surface area (Å²) < 4.78 is 9.57. The van der Waals surface area contributed by atoms with Gasteiger partial charge in [0, 0.05) is 23.4 Å². The molecule has 0 bridgehead atoms. The average Bonchev–Trinajstić information content (AvgIpc) is 2.28. The Kier molecular flexibility index (Phi) is 8.90. The standard InChI is InChI=1S/C11H17BrO4/c1-3-9(7-12)8-16-11(14)6-5-10(13)15-4-2/h5-6,9H,3-4,7-8H2,1-2H3/b6-5+/t9-/m0/s1. The summed E-state index contributed by atoms with van der Waals surface area (Å²) in [5, 5.41) is 0.790. The van der Waals surface area contributed by atoms with E-state index in [-0.39, 0.29) is 0 Å². The molecule has 0 unspecified atom stereocenters. The summed E-state index contributed by atoms with van der Waals surface area (Å²) in [6.45, 7) is 4.37. The fourth-order valence-electron chi connectivity index (χ4n) is 0.846. The molecule has 1 atom stereocenters. The number of rotatable bonds is 7. The van der Waals surface area contributed by atoms with Crippen LogP contribution in [0, 0.1) is 5.92 Å². The molecule has 16 heavy (non-hydrogen) atoms. The molecule has 0 aliphatic rings. The van der Waals surface area contributed by atoms with Gasteiger partial charge in [-0.25, -0.2) is 9.59 Å². The molecule has 0 spiro atoms. The lowest BCUT2D eigenvalue weighted by atomic mass is 10.1. The molecule has 0 saturated carbocycles. The van der Waals surface area contributed by atoms with Gasteiger partial charge in [-0.15, -0.1) is 0 Å². The fourth-order valence-corrected chi connectivity index (χ4v) is 1.49. The van der Waals surface area contributed by atoms with Gasteiger partial charge < -0.3 is 9.47 Å². The molecule has 0 saturated heterocycles. The van der Waals surface area contributed by atoms with Crippen molar-refractivity contribution < 1.29 is 19.1 Å². The van der Waals surface area contributed by atoms with Gasteiger partial charge in [-0.2, -0.15) is 0 Å². The molecule has 0 fully saturated rings. The monoisotopic (exact) mass is 292 g/mol. The van der Waals surface area contributed by atoms with Crippen LogP contribution in [-0.2, 0) is 19.1 Å². The highest BCUT2D eigenvalue weighted by Crippen LogP contribution is 2.06. The molecule has 0 N–H and O–H groups in total. The largest absolute Gasteiger partial charge is 0.463 e. The number of hydrogen-bond acceptors (Lipinski definition) is 4. The maximum Gasteiger partial charge on any atom is 0.331 e. The fraction of sp³-hybridized carbons (Fsp3) is 0.636. The number of esters is 2. The molecule has 92 valence electrons. The van der Waals surface area contributed by atoms with Gasteiger partial charge in [0.05, 0.1) is 13.2 Å². The van der Waals surface area contributed by atoms with Gasteiger partial charge in [0.1, 0.15) is 0 Å². The molecule has 0 heterocycles. The molecule has 5 heteroatoms. The predicted octanol–water partition coefficient (Wildman–Crippen LogP) is 2.07. The summed E-state index contributed by atoms with van der Waals surface area (Å²) in [5.41, 5.74) is 0. The molecular formula is C11H17BrO4. The van der Waals surface area contributed by atoms with Gasteiger partial charge in [0.15, 0.2) is 0 Å². The van der Waals surface area contributed by atoms with Crippen LogP contribution in [0.15, 0.2) is 12.2 Å². The molecule has 4 nitrogen and oxygen atoms in total. The summed E-state index contributed by atoms with van der Waals surface area (Å²) in [4.78, 5) is 22.0. The molecule has 0 aliphatic carbocycles. The normalized spacial score (nSPS) is 12.4. The summed E-state index contributed by atoms with van der Waals surface area (Å²) in [5.74, 6) is -0.751. The Hall–Kier alpha value is -0.840.